The number of aliphatic imine (C=N–C) groups is 1. The van der Waals surface area contributed by atoms with Crippen molar-refractivity contribution in [2.24, 2.45) is 4.99 Å². The number of phenolic OH excluding ortho intramolecular Hbond substituents is 1. The number of hydrogen-bond donors (Lipinski definition) is 1. The van der Waals surface area contributed by atoms with Crippen molar-refractivity contribution in [1.82, 2.24) is 0 Å². The Hall–Kier alpha value is -2.29. The molecule has 0 saturated heterocycles. The lowest BCUT2D eigenvalue weighted by Crippen LogP contribution is -2.12. The number of phenols is 1. The van der Waals surface area contributed by atoms with Crippen LogP contribution in [0, 0.1) is 0 Å². The maximum atomic E-state index is 9.77. The van der Waals surface area contributed by atoms with Crippen LogP contribution in [0.2, 0.25) is 0 Å². The largest absolute Gasteiger partial charge is 0.508 e. The first-order valence-electron chi connectivity index (χ1n) is 5.42. The van der Waals surface area contributed by atoms with Gasteiger partial charge in [-0.25, -0.2) is 0 Å². The number of hydrogen-bond acceptors (Lipinski definition) is 3. The highest BCUT2D eigenvalue weighted by atomic mass is 16.5. The monoisotopic (exact) mass is 225 g/mol. The lowest BCUT2D eigenvalue weighted by molar-refractivity contribution is 0.269. The van der Waals surface area contributed by atoms with Crippen LogP contribution in [0.3, 0.4) is 0 Å². The highest BCUT2D eigenvalue weighted by molar-refractivity contribution is 5.76. The number of rotatable bonds is 1. The molecule has 1 aliphatic rings. The van der Waals surface area contributed by atoms with Gasteiger partial charge in [-0.3, -0.25) is 4.99 Å². The third-order valence-electron chi connectivity index (χ3n) is 2.71. The Labute approximate surface area is 99.0 Å². The van der Waals surface area contributed by atoms with Gasteiger partial charge >= 0.3 is 0 Å². The molecule has 1 atom stereocenters. The summed E-state index contributed by atoms with van der Waals surface area (Å²) < 4.78 is 5.79. The lowest BCUT2D eigenvalue weighted by Gasteiger charge is -2.21. The molecule has 3 nitrogen and oxygen atoms in total. The van der Waals surface area contributed by atoms with E-state index in [1.54, 1.807) is 18.3 Å². The minimum Gasteiger partial charge on any atom is -0.508 e. The summed E-state index contributed by atoms with van der Waals surface area (Å²) in [4.78, 5) is 4.33. The van der Waals surface area contributed by atoms with Crippen molar-refractivity contribution in [2.75, 3.05) is 0 Å². The molecule has 0 saturated carbocycles. The minimum atomic E-state index is -0.328. The van der Waals surface area contributed by atoms with Gasteiger partial charge in [-0.15, -0.1) is 0 Å². The third kappa shape index (κ3) is 1.76. The van der Waals surface area contributed by atoms with Gasteiger partial charge in [0.25, 0.3) is 0 Å². The molecular weight excluding hydrogens is 214 g/mol. The van der Waals surface area contributed by atoms with Gasteiger partial charge in [-0.2, -0.15) is 0 Å². The van der Waals surface area contributed by atoms with E-state index in [0.29, 0.717) is 0 Å². The summed E-state index contributed by atoms with van der Waals surface area (Å²) in [5.74, 6) is 0.964. The number of fused-ring (bicyclic) bond motifs is 1. The highest BCUT2D eigenvalue weighted by Crippen LogP contribution is 2.36. The minimum absolute atomic E-state index is 0.225. The molecule has 2 aromatic rings. The first kappa shape index (κ1) is 9.90. The molecule has 1 heterocycles. The second-order valence-electron chi connectivity index (χ2n) is 3.84. The predicted molar refractivity (Wildman–Crippen MR) is 66.1 cm³/mol. The quantitative estimate of drug-likeness (QED) is 0.809. The molecule has 1 unspecified atom stereocenters. The first-order chi connectivity index (χ1) is 8.34. The molecule has 0 radical (unpaired) electrons. The van der Waals surface area contributed by atoms with Gasteiger partial charge in [0.15, 0.2) is 6.10 Å². The smallest absolute Gasteiger partial charge is 0.163 e. The average Bonchev–Trinajstić information content (AvgIpc) is 2.39. The zero-order valence-electron chi connectivity index (χ0n) is 9.08. The van der Waals surface area contributed by atoms with Crippen LogP contribution in [0.15, 0.2) is 53.5 Å². The van der Waals surface area contributed by atoms with E-state index in [1.165, 1.54) is 0 Å². The number of aromatic hydroxyl groups is 1. The zero-order valence-corrected chi connectivity index (χ0v) is 9.08. The van der Waals surface area contributed by atoms with Gasteiger partial charge < -0.3 is 9.84 Å². The van der Waals surface area contributed by atoms with Crippen LogP contribution in [0.5, 0.6) is 11.5 Å². The molecule has 3 rings (SSSR count). The SMILES string of the molecule is Oc1ccccc1C1C=Nc2ccccc2O1. The van der Waals surface area contributed by atoms with Gasteiger partial charge in [0, 0.05) is 5.56 Å². The topological polar surface area (TPSA) is 41.8 Å². The Kier molecular flexibility index (Phi) is 2.29. The van der Waals surface area contributed by atoms with E-state index in [-0.39, 0.29) is 11.9 Å². The highest BCUT2D eigenvalue weighted by Gasteiger charge is 2.19. The van der Waals surface area contributed by atoms with Crippen molar-refractivity contribution in [2.45, 2.75) is 6.10 Å². The number of para-hydroxylation sites is 3. The van der Waals surface area contributed by atoms with Crippen LogP contribution >= 0.6 is 0 Å². The van der Waals surface area contributed by atoms with Crippen LogP contribution < -0.4 is 4.74 Å². The fraction of sp³-hybridized carbons (Fsp3) is 0.0714. The van der Waals surface area contributed by atoms with E-state index in [1.807, 2.05) is 36.4 Å². The molecule has 17 heavy (non-hydrogen) atoms. The summed E-state index contributed by atoms with van der Waals surface area (Å²) in [6.45, 7) is 0. The van der Waals surface area contributed by atoms with E-state index >= 15 is 0 Å². The van der Waals surface area contributed by atoms with Gasteiger partial charge in [-0.1, -0.05) is 30.3 Å². The molecule has 0 aromatic heterocycles. The number of benzene rings is 2. The maximum Gasteiger partial charge on any atom is 0.163 e. The summed E-state index contributed by atoms with van der Waals surface area (Å²) >= 11 is 0. The summed E-state index contributed by atoms with van der Waals surface area (Å²) in [6, 6.07) is 14.7. The molecule has 2 aromatic carbocycles. The van der Waals surface area contributed by atoms with Crippen LogP contribution in [-0.2, 0) is 0 Å². The predicted octanol–water partition coefficient (Wildman–Crippen LogP) is 3.23. The Bertz CT molecular complexity index is 578. The van der Waals surface area contributed by atoms with Crippen molar-refractivity contribution >= 4 is 11.9 Å². The molecule has 1 aliphatic heterocycles. The summed E-state index contributed by atoms with van der Waals surface area (Å²) in [5, 5.41) is 9.77. The van der Waals surface area contributed by atoms with Crippen LogP contribution in [-0.4, -0.2) is 11.3 Å². The van der Waals surface area contributed by atoms with Gasteiger partial charge in [0.1, 0.15) is 17.2 Å². The molecule has 0 bridgehead atoms. The molecule has 0 fully saturated rings. The lowest BCUT2D eigenvalue weighted by atomic mass is 10.1. The Morgan fingerprint density at radius 1 is 1.00 bits per heavy atom. The van der Waals surface area contributed by atoms with E-state index in [2.05, 4.69) is 4.99 Å². The third-order valence-corrected chi connectivity index (χ3v) is 2.71. The van der Waals surface area contributed by atoms with Crippen molar-refractivity contribution in [1.29, 1.82) is 0 Å². The Balaban J connectivity index is 1.98. The van der Waals surface area contributed by atoms with Crippen LogP contribution in [0.4, 0.5) is 5.69 Å². The van der Waals surface area contributed by atoms with E-state index in [4.69, 9.17) is 4.74 Å². The molecule has 1 N–H and O–H groups in total. The van der Waals surface area contributed by atoms with E-state index in [9.17, 15) is 5.11 Å². The average molecular weight is 225 g/mol. The summed E-state index contributed by atoms with van der Waals surface area (Å²) in [5.41, 5.74) is 1.55. The van der Waals surface area contributed by atoms with Crippen LogP contribution in [0.1, 0.15) is 11.7 Å². The molecule has 84 valence electrons. The van der Waals surface area contributed by atoms with E-state index < -0.39 is 0 Å². The molecule has 0 spiro atoms. The molecular formula is C14H11NO2. The maximum absolute atomic E-state index is 9.77. The molecule has 0 aliphatic carbocycles. The van der Waals surface area contributed by atoms with Crippen molar-refractivity contribution in [3.63, 3.8) is 0 Å². The van der Waals surface area contributed by atoms with Crippen molar-refractivity contribution < 1.29 is 9.84 Å². The first-order valence-corrected chi connectivity index (χ1v) is 5.42. The Morgan fingerprint density at radius 2 is 1.76 bits per heavy atom. The fourth-order valence-corrected chi connectivity index (χ4v) is 1.85. The molecule has 0 amide bonds. The summed E-state index contributed by atoms with van der Waals surface area (Å²) in [6.07, 6.45) is 1.38. The van der Waals surface area contributed by atoms with Gasteiger partial charge in [0.05, 0.1) is 6.21 Å². The van der Waals surface area contributed by atoms with Crippen molar-refractivity contribution in [3.05, 3.63) is 54.1 Å². The Morgan fingerprint density at radius 3 is 2.65 bits per heavy atom. The zero-order chi connectivity index (χ0) is 11.7. The van der Waals surface area contributed by atoms with Crippen molar-refractivity contribution in [3.8, 4) is 11.5 Å². The van der Waals surface area contributed by atoms with E-state index in [0.717, 1.165) is 17.0 Å². The standard InChI is InChI=1S/C14H11NO2/c16-12-7-3-1-5-10(12)14-9-15-11-6-2-4-8-13(11)17-14/h1-9,14,16H. The van der Waals surface area contributed by atoms with Gasteiger partial charge in [-0.05, 0) is 18.2 Å². The normalized spacial score (nSPS) is 17.3. The summed E-state index contributed by atoms with van der Waals surface area (Å²) in [7, 11) is 0. The van der Waals surface area contributed by atoms with Crippen LogP contribution in [0.25, 0.3) is 0 Å². The van der Waals surface area contributed by atoms with Gasteiger partial charge in [0.2, 0.25) is 0 Å². The fourth-order valence-electron chi connectivity index (χ4n) is 1.85. The second kappa shape index (κ2) is 3.94. The number of ether oxygens (including phenoxy) is 1. The molecule has 3 heteroatoms. The number of nitrogens with zero attached hydrogens (tertiary/aromatic N) is 1. The second-order valence-corrected chi connectivity index (χ2v) is 3.84.